The quantitative estimate of drug-likeness (QED) is 0.489. The Kier molecular flexibility index (Phi) is 11.9. The molecule has 1 aromatic carbocycles. The number of hydrogen-bond acceptors (Lipinski definition) is 0. The smallest absolute Gasteiger partial charge is 0.159 e. The van der Waals surface area contributed by atoms with Crippen molar-refractivity contribution in [3.63, 3.8) is 0 Å². The summed E-state index contributed by atoms with van der Waals surface area (Å²) in [7, 11) is 0. The summed E-state index contributed by atoms with van der Waals surface area (Å²) < 4.78 is 26.4. The minimum absolute atomic E-state index is 0.428. The first-order valence-corrected chi connectivity index (χ1v) is 11.6. The molecular weight excluding hydrogens is 338 g/mol. The molecule has 0 saturated heterocycles. The van der Waals surface area contributed by atoms with Crippen LogP contribution < -0.4 is 0 Å². The first kappa shape index (κ1) is 24.1. The van der Waals surface area contributed by atoms with Crippen molar-refractivity contribution in [2.45, 2.75) is 105 Å². The Morgan fingerprint density at radius 3 is 1.67 bits per heavy atom. The SMILES string of the molecule is CC.CC.CC1CCC(CCC2CCC(c3ccc(F)c(F)c3)CC2)CC1. The fourth-order valence-electron chi connectivity index (χ4n) is 4.64. The lowest BCUT2D eigenvalue weighted by atomic mass is 9.74. The summed E-state index contributed by atoms with van der Waals surface area (Å²) in [5, 5.41) is 0. The molecule has 156 valence electrons. The van der Waals surface area contributed by atoms with Gasteiger partial charge in [0.1, 0.15) is 0 Å². The Morgan fingerprint density at radius 1 is 0.704 bits per heavy atom. The highest BCUT2D eigenvalue weighted by atomic mass is 19.2. The van der Waals surface area contributed by atoms with Gasteiger partial charge < -0.3 is 0 Å². The fourth-order valence-corrected chi connectivity index (χ4v) is 4.64. The third-order valence-corrected chi connectivity index (χ3v) is 6.38. The van der Waals surface area contributed by atoms with Crippen LogP contribution in [-0.2, 0) is 0 Å². The van der Waals surface area contributed by atoms with Gasteiger partial charge in [-0.25, -0.2) is 8.78 Å². The molecule has 0 aliphatic heterocycles. The Balaban J connectivity index is 0.000000855. The number of benzene rings is 1. The van der Waals surface area contributed by atoms with E-state index in [4.69, 9.17) is 0 Å². The van der Waals surface area contributed by atoms with E-state index in [1.807, 2.05) is 27.7 Å². The van der Waals surface area contributed by atoms with Crippen LogP contribution in [0.25, 0.3) is 0 Å². The number of rotatable bonds is 4. The van der Waals surface area contributed by atoms with Crippen molar-refractivity contribution in [2.75, 3.05) is 0 Å². The minimum Gasteiger partial charge on any atom is -0.204 e. The van der Waals surface area contributed by atoms with Gasteiger partial charge in [0.25, 0.3) is 0 Å². The van der Waals surface area contributed by atoms with Crippen molar-refractivity contribution >= 4 is 0 Å². The van der Waals surface area contributed by atoms with Crippen molar-refractivity contribution in [2.24, 2.45) is 17.8 Å². The number of halogens is 2. The summed E-state index contributed by atoms with van der Waals surface area (Å²) in [6, 6.07) is 4.46. The standard InChI is InChI=1S/C21H30F2.2C2H6/c1-15-2-4-16(5-3-15)6-7-17-8-10-18(11-9-17)19-12-13-20(22)21(23)14-19;2*1-2/h12-18H,2-11H2,1H3;2*1-2H3. The molecule has 0 amide bonds. The van der Waals surface area contributed by atoms with E-state index in [1.54, 1.807) is 6.07 Å². The van der Waals surface area contributed by atoms with Gasteiger partial charge in [0, 0.05) is 0 Å². The second-order valence-electron chi connectivity index (χ2n) is 8.09. The molecule has 0 atom stereocenters. The molecule has 0 spiro atoms. The van der Waals surface area contributed by atoms with Crippen LogP contribution in [0.2, 0.25) is 0 Å². The lowest BCUT2D eigenvalue weighted by Gasteiger charge is -2.31. The first-order chi connectivity index (χ1) is 13.1. The molecule has 2 aliphatic rings. The zero-order valence-electron chi connectivity index (χ0n) is 18.4. The molecule has 1 aromatic rings. The molecular formula is C25H42F2. The van der Waals surface area contributed by atoms with E-state index in [0.29, 0.717) is 5.92 Å². The van der Waals surface area contributed by atoms with Crippen molar-refractivity contribution in [1.29, 1.82) is 0 Å². The predicted octanol–water partition coefficient (Wildman–Crippen LogP) is 8.90. The van der Waals surface area contributed by atoms with E-state index in [9.17, 15) is 8.78 Å². The molecule has 0 aromatic heterocycles. The topological polar surface area (TPSA) is 0 Å². The van der Waals surface area contributed by atoms with Gasteiger partial charge in [-0.05, 0) is 67.1 Å². The average molecular weight is 381 g/mol. The summed E-state index contributed by atoms with van der Waals surface area (Å²) in [5.41, 5.74) is 0.989. The Morgan fingerprint density at radius 2 is 1.19 bits per heavy atom. The van der Waals surface area contributed by atoms with Gasteiger partial charge >= 0.3 is 0 Å². The van der Waals surface area contributed by atoms with Crippen LogP contribution in [-0.4, -0.2) is 0 Å². The van der Waals surface area contributed by atoms with Gasteiger partial charge in [0.15, 0.2) is 11.6 Å². The Hall–Kier alpha value is -0.920. The van der Waals surface area contributed by atoms with Crippen molar-refractivity contribution < 1.29 is 8.78 Å². The fraction of sp³-hybridized carbons (Fsp3) is 0.760. The van der Waals surface area contributed by atoms with Gasteiger partial charge in [0.2, 0.25) is 0 Å². The maximum absolute atomic E-state index is 13.4. The van der Waals surface area contributed by atoms with Gasteiger partial charge in [0.05, 0.1) is 0 Å². The molecule has 2 saturated carbocycles. The Labute approximate surface area is 167 Å². The van der Waals surface area contributed by atoms with E-state index in [0.717, 1.165) is 36.2 Å². The van der Waals surface area contributed by atoms with E-state index < -0.39 is 11.6 Å². The predicted molar refractivity (Wildman–Crippen MR) is 114 cm³/mol. The van der Waals surface area contributed by atoms with Crippen LogP contribution in [0.15, 0.2) is 18.2 Å². The molecule has 0 unspecified atom stereocenters. The summed E-state index contributed by atoms with van der Waals surface area (Å²) in [6.45, 7) is 10.4. The highest BCUT2D eigenvalue weighted by Gasteiger charge is 2.25. The van der Waals surface area contributed by atoms with Crippen molar-refractivity contribution in [3.8, 4) is 0 Å². The van der Waals surface area contributed by atoms with Crippen LogP contribution in [0.5, 0.6) is 0 Å². The van der Waals surface area contributed by atoms with E-state index in [2.05, 4.69) is 6.92 Å². The highest BCUT2D eigenvalue weighted by Crippen LogP contribution is 2.39. The van der Waals surface area contributed by atoms with E-state index in [-0.39, 0.29) is 0 Å². The minimum atomic E-state index is -0.732. The second kappa shape index (κ2) is 13.3. The lowest BCUT2D eigenvalue weighted by Crippen LogP contribution is -2.17. The van der Waals surface area contributed by atoms with Gasteiger partial charge in [-0.15, -0.1) is 0 Å². The number of hydrogen-bond donors (Lipinski definition) is 0. The highest BCUT2D eigenvalue weighted by molar-refractivity contribution is 5.22. The average Bonchev–Trinajstić information content (AvgIpc) is 2.73. The molecule has 2 fully saturated rings. The Bertz CT molecular complexity index is 495. The zero-order valence-corrected chi connectivity index (χ0v) is 18.4. The van der Waals surface area contributed by atoms with E-state index in [1.165, 1.54) is 63.5 Å². The molecule has 0 bridgehead atoms. The van der Waals surface area contributed by atoms with Gasteiger partial charge in [-0.1, -0.05) is 79.2 Å². The van der Waals surface area contributed by atoms with Crippen LogP contribution in [0.4, 0.5) is 8.78 Å². The summed E-state index contributed by atoms with van der Waals surface area (Å²) in [4.78, 5) is 0. The van der Waals surface area contributed by atoms with Crippen molar-refractivity contribution in [3.05, 3.63) is 35.4 Å². The molecule has 0 radical (unpaired) electrons. The summed E-state index contributed by atoms with van der Waals surface area (Å²) in [5.74, 6) is 1.76. The lowest BCUT2D eigenvalue weighted by molar-refractivity contribution is 0.237. The van der Waals surface area contributed by atoms with Crippen LogP contribution >= 0.6 is 0 Å². The third-order valence-electron chi connectivity index (χ3n) is 6.38. The molecule has 3 rings (SSSR count). The molecule has 0 heterocycles. The molecule has 27 heavy (non-hydrogen) atoms. The maximum Gasteiger partial charge on any atom is 0.159 e. The summed E-state index contributed by atoms with van der Waals surface area (Å²) in [6.07, 6.45) is 13.3. The molecule has 2 heteroatoms. The van der Waals surface area contributed by atoms with Crippen LogP contribution in [0, 0.1) is 29.4 Å². The second-order valence-corrected chi connectivity index (χ2v) is 8.09. The van der Waals surface area contributed by atoms with Crippen molar-refractivity contribution in [1.82, 2.24) is 0 Å². The first-order valence-electron chi connectivity index (χ1n) is 11.6. The molecule has 2 aliphatic carbocycles. The zero-order chi connectivity index (χ0) is 20.2. The van der Waals surface area contributed by atoms with Crippen LogP contribution in [0.3, 0.4) is 0 Å². The largest absolute Gasteiger partial charge is 0.204 e. The van der Waals surface area contributed by atoms with Gasteiger partial charge in [-0.2, -0.15) is 0 Å². The molecule has 0 nitrogen and oxygen atoms in total. The monoisotopic (exact) mass is 380 g/mol. The maximum atomic E-state index is 13.4. The third kappa shape index (κ3) is 7.92. The van der Waals surface area contributed by atoms with Gasteiger partial charge in [-0.3, -0.25) is 0 Å². The van der Waals surface area contributed by atoms with Crippen LogP contribution in [0.1, 0.15) is 110 Å². The summed E-state index contributed by atoms with van der Waals surface area (Å²) >= 11 is 0. The van der Waals surface area contributed by atoms with E-state index >= 15 is 0 Å². The molecule has 0 N–H and O–H groups in total. The normalized spacial score (nSPS) is 27.7.